The zero-order chi connectivity index (χ0) is 38.2. The van der Waals surface area contributed by atoms with Crippen LogP contribution in [-0.2, 0) is 4.79 Å². The van der Waals surface area contributed by atoms with Crippen LogP contribution in [0.1, 0.15) is 232 Å². The summed E-state index contributed by atoms with van der Waals surface area (Å²) in [5, 5.41) is 43.6. The van der Waals surface area contributed by atoms with E-state index in [1.165, 1.54) is 161 Å². The van der Waals surface area contributed by atoms with Gasteiger partial charge in [0.1, 0.15) is 12.2 Å². The predicted octanol–water partition coefficient (Wildman–Crippen LogP) is 12.0. The highest BCUT2D eigenvalue weighted by atomic mass is 16.3. The van der Waals surface area contributed by atoms with Gasteiger partial charge < -0.3 is 25.7 Å². The third-order valence-corrected chi connectivity index (χ3v) is 10.6. The van der Waals surface area contributed by atoms with Crippen molar-refractivity contribution in [2.45, 2.75) is 257 Å². The first-order valence-corrected chi connectivity index (χ1v) is 22.7. The fraction of sp³-hybridized carbons (Fsp3) is 0.891. The molecule has 1 amide bonds. The maximum atomic E-state index is 12.5. The summed E-state index contributed by atoms with van der Waals surface area (Å²) >= 11 is 0. The molecule has 0 aliphatic heterocycles. The molecular formula is C46H89NO5. The summed E-state index contributed by atoms with van der Waals surface area (Å²) in [6.07, 6.45) is 46.4. The molecule has 0 fully saturated rings. The van der Waals surface area contributed by atoms with Gasteiger partial charge in [0, 0.05) is 0 Å². The van der Waals surface area contributed by atoms with Crippen LogP contribution in [0, 0.1) is 0 Å². The molecule has 0 aromatic carbocycles. The molecule has 0 saturated carbocycles. The average Bonchev–Trinajstić information content (AvgIpc) is 3.15. The van der Waals surface area contributed by atoms with Gasteiger partial charge in [-0.05, 0) is 64.2 Å². The highest BCUT2D eigenvalue weighted by Crippen LogP contribution is 2.16. The zero-order valence-corrected chi connectivity index (χ0v) is 34.6. The lowest BCUT2D eigenvalue weighted by molar-refractivity contribution is -0.132. The molecule has 0 bridgehead atoms. The lowest BCUT2D eigenvalue weighted by atomic mass is 10.00. The van der Waals surface area contributed by atoms with Crippen LogP contribution in [0.15, 0.2) is 24.3 Å². The number of allylic oxidation sites excluding steroid dienone is 4. The summed E-state index contributed by atoms with van der Waals surface area (Å²) in [5.74, 6) is -0.598. The zero-order valence-electron chi connectivity index (χ0n) is 34.6. The molecule has 0 aromatic rings. The van der Waals surface area contributed by atoms with Crippen LogP contribution in [0.4, 0.5) is 0 Å². The van der Waals surface area contributed by atoms with Gasteiger partial charge in [-0.15, -0.1) is 0 Å². The standard InChI is InChI=1S/C46H89NO5/c1-3-5-7-9-11-13-15-17-19-20-21-22-23-24-25-26-28-29-31-33-35-37-39-43(49)45(51)42(41-48)47-46(52)44(50)40-38-36-34-32-30-27-18-16-14-12-10-8-6-4-2/h14,16,31,33,42-45,48-51H,3-13,15,17-30,32,34-41H2,1-2H3,(H,47,52)/b16-14-,33-31+. The van der Waals surface area contributed by atoms with Crippen LogP contribution >= 0.6 is 0 Å². The van der Waals surface area contributed by atoms with Crippen LogP contribution in [0.3, 0.4) is 0 Å². The van der Waals surface area contributed by atoms with Gasteiger partial charge in [-0.25, -0.2) is 0 Å². The van der Waals surface area contributed by atoms with E-state index in [2.05, 4.69) is 43.5 Å². The van der Waals surface area contributed by atoms with Crippen molar-refractivity contribution in [2.75, 3.05) is 6.61 Å². The van der Waals surface area contributed by atoms with Gasteiger partial charge in [0.05, 0.1) is 18.8 Å². The van der Waals surface area contributed by atoms with E-state index < -0.39 is 36.9 Å². The van der Waals surface area contributed by atoms with Crippen molar-refractivity contribution in [3.63, 3.8) is 0 Å². The van der Waals surface area contributed by atoms with E-state index in [-0.39, 0.29) is 0 Å². The molecule has 5 N–H and O–H groups in total. The van der Waals surface area contributed by atoms with Crippen LogP contribution < -0.4 is 5.32 Å². The van der Waals surface area contributed by atoms with E-state index in [9.17, 15) is 25.2 Å². The Morgan fingerprint density at radius 2 is 0.788 bits per heavy atom. The summed E-state index contributed by atoms with van der Waals surface area (Å²) in [7, 11) is 0. The highest BCUT2D eigenvalue weighted by Gasteiger charge is 2.28. The average molecular weight is 736 g/mol. The van der Waals surface area contributed by atoms with Gasteiger partial charge in [-0.1, -0.05) is 192 Å². The van der Waals surface area contributed by atoms with Gasteiger partial charge in [0.2, 0.25) is 5.91 Å². The molecule has 4 unspecified atom stereocenters. The van der Waals surface area contributed by atoms with Crippen molar-refractivity contribution in [1.82, 2.24) is 5.32 Å². The summed E-state index contributed by atoms with van der Waals surface area (Å²) in [5.41, 5.74) is 0. The second kappa shape index (κ2) is 41.0. The minimum Gasteiger partial charge on any atom is -0.394 e. The van der Waals surface area contributed by atoms with Crippen molar-refractivity contribution in [3.05, 3.63) is 24.3 Å². The summed E-state index contributed by atoms with van der Waals surface area (Å²) < 4.78 is 0. The molecule has 4 atom stereocenters. The summed E-state index contributed by atoms with van der Waals surface area (Å²) in [4.78, 5) is 12.5. The Hall–Kier alpha value is -1.21. The second-order valence-electron chi connectivity index (χ2n) is 15.7. The summed E-state index contributed by atoms with van der Waals surface area (Å²) in [6.45, 7) is 4.03. The molecule has 0 rings (SSSR count). The predicted molar refractivity (Wildman–Crippen MR) is 224 cm³/mol. The third-order valence-electron chi connectivity index (χ3n) is 10.6. The minimum absolute atomic E-state index is 0.356. The quantitative estimate of drug-likeness (QED) is 0.0317. The van der Waals surface area contributed by atoms with E-state index in [0.29, 0.717) is 12.8 Å². The first-order valence-electron chi connectivity index (χ1n) is 22.7. The van der Waals surface area contributed by atoms with Crippen molar-refractivity contribution in [2.24, 2.45) is 0 Å². The number of rotatable bonds is 41. The van der Waals surface area contributed by atoms with Gasteiger partial charge in [0.25, 0.3) is 0 Å². The topological polar surface area (TPSA) is 110 Å². The number of amides is 1. The molecule has 0 spiro atoms. The Bertz CT molecular complexity index is 787. The molecule has 52 heavy (non-hydrogen) atoms. The Balaban J connectivity index is 3.74. The number of unbranched alkanes of at least 4 members (excludes halogenated alkanes) is 28. The fourth-order valence-corrected chi connectivity index (χ4v) is 6.99. The Morgan fingerprint density at radius 1 is 0.462 bits per heavy atom. The molecule has 0 aliphatic rings. The van der Waals surface area contributed by atoms with Crippen LogP contribution in [0.5, 0.6) is 0 Å². The second-order valence-corrected chi connectivity index (χ2v) is 15.7. The maximum absolute atomic E-state index is 12.5. The van der Waals surface area contributed by atoms with Crippen LogP contribution in [0.2, 0.25) is 0 Å². The van der Waals surface area contributed by atoms with E-state index >= 15 is 0 Å². The van der Waals surface area contributed by atoms with Crippen LogP contribution in [0.25, 0.3) is 0 Å². The largest absolute Gasteiger partial charge is 0.394 e. The molecule has 0 saturated heterocycles. The Morgan fingerprint density at radius 3 is 1.17 bits per heavy atom. The van der Waals surface area contributed by atoms with Gasteiger partial charge >= 0.3 is 0 Å². The number of carbonyl (C=O) groups is 1. The smallest absolute Gasteiger partial charge is 0.249 e. The number of aliphatic hydroxyl groups excluding tert-OH is 4. The Kier molecular flexibility index (Phi) is 40.0. The molecule has 0 aromatic heterocycles. The fourth-order valence-electron chi connectivity index (χ4n) is 6.99. The number of carbonyl (C=O) groups excluding carboxylic acids is 1. The van der Waals surface area contributed by atoms with Crippen molar-refractivity contribution in [1.29, 1.82) is 0 Å². The van der Waals surface area contributed by atoms with Gasteiger partial charge in [-0.3, -0.25) is 4.79 Å². The number of hydrogen-bond acceptors (Lipinski definition) is 5. The normalized spacial score (nSPS) is 14.3. The highest BCUT2D eigenvalue weighted by molar-refractivity contribution is 5.80. The number of aliphatic hydroxyl groups is 4. The molecular weight excluding hydrogens is 647 g/mol. The van der Waals surface area contributed by atoms with Gasteiger partial charge in [-0.2, -0.15) is 0 Å². The van der Waals surface area contributed by atoms with E-state index in [1.807, 2.05) is 0 Å². The van der Waals surface area contributed by atoms with Crippen molar-refractivity contribution >= 4 is 5.91 Å². The SMILES string of the molecule is CCCCCC/C=C\CCCCCCCCC(O)C(=O)NC(CO)C(O)C(O)CCC/C=C/CCCCCCCCCCCCCCCCCCC. The summed E-state index contributed by atoms with van der Waals surface area (Å²) in [6, 6.07) is -1.00. The molecule has 0 heterocycles. The van der Waals surface area contributed by atoms with E-state index in [1.54, 1.807) is 0 Å². The van der Waals surface area contributed by atoms with Crippen LogP contribution in [-0.4, -0.2) is 57.3 Å². The molecule has 6 nitrogen and oxygen atoms in total. The molecule has 0 radical (unpaired) electrons. The van der Waals surface area contributed by atoms with Crippen molar-refractivity contribution in [3.8, 4) is 0 Å². The number of hydrogen-bond donors (Lipinski definition) is 5. The van der Waals surface area contributed by atoms with E-state index in [0.717, 1.165) is 44.9 Å². The first-order chi connectivity index (χ1) is 25.5. The third kappa shape index (κ3) is 34.6. The van der Waals surface area contributed by atoms with Gasteiger partial charge in [0.15, 0.2) is 0 Å². The monoisotopic (exact) mass is 736 g/mol. The lowest BCUT2D eigenvalue weighted by Gasteiger charge is -2.27. The molecule has 0 aliphatic carbocycles. The lowest BCUT2D eigenvalue weighted by Crippen LogP contribution is -2.53. The first kappa shape index (κ1) is 50.8. The maximum Gasteiger partial charge on any atom is 0.249 e. The van der Waals surface area contributed by atoms with Crippen molar-refractivity contribution < 1.29 is 25.2 Å². The Labute approximate surface area is 323 Å². The molecule has 308 valence electrons. The van der Waals surface area contributed by atoms with E-state index in [4.69, 9.17) is 0 Å². The minimum atomic E-state index is -1.28. The number of nitrogens with one attached hydrogen (secondary N) is 1. The molecule has 6 heteroatoms.